The van der Waals surface area contributed by atoms with Crippen LogP contribution in [0.3, 0.4) is 0 Å². The highest BCUT2D eigenvalue weighted by molar-refractivity contribution is 5.46. The highest BCUT2D eigenvalue weighted by Crippen LogP contribution is 2.31. The molecular formula is C12H12F4N4. The Balaban J connectivity index is 1.87. The smallest absolute Gasteiger partial charge is 0.383 e. The lowest BCUT2D eigenvalue weighted by atomic mass is 10.2. The summed E-state index contributed by atoms with van der Waals surface area (Å²) in [6, 6.07) is 2.42. The van der Waals surface area contributed by atoms with E-state index in [-0.39, 0.29) is 5.69 Å². The number of halogens is 4. The van der Waals surface area contributed by atoms with Crippen LogP contribution in [0, 0.1) is 5.82 Å². The second-order valence-corrected chi connectivity index (χ2v) is 4.15. The summed E-state index contributed by atoms with van der Waals surface area (Å²) >= 11 is 0. The summed E-state index contributed by atoms with van der Waals surface area (Å²) < 4.78 is 50.6. The molecule has 108 valence electrons. The van der Waals surface area contributed by atoms with Crippen LogP contribution in [0.5, 0.6) is 0 Å². The molecule has 0 atom stereocenters. The fraction of sp³-hybridized carbons (Fsp3) is 0.333. The third kappa shape index (κ3) is 3.69. The number of nitrogens with one attached hydrogen (secondary N) is 2. The summed E-state index contributed by atoms with van der Waals surface area (Å²) in [6.45, 7) is 0.420. The van der Waals surface area contributed by atoms with Crippen molar-refractivity contribution in [2.24, 2.45) is 0 Å². The number of nitrogens with zero attached hydrogens (tertiary/aromatic N) is 2. The molecule has 0 saturated carbocycles. The quantitative estimate of drug-likeness (QED) is 0.657. The molecule has 20 heavy (non-hydrogen) atoms. The number of hydrogen-bond acceptors (Lipinski definition) is 3. The number of benzene rings is 1. The van der Waals surface area contributed by atoms with Crippen LogP contribution in [-0.2, 0) is 12.6 Å². The van der Waals surface area contributed by atoms with Gasteiger partial charge < -0.3 is 5.32 Å². The van der Waals surface area contributed by atoms with E-state index in [1.807, 2.05) is 0 Å². The molecule has 0 aliphatic rings. The average Bonchev–Trinajstić information content (AvgIpc) is 2.88. The van der Waals surface area contributed by atoms with Crippen LogP contribution in [0.1, 0.15) is 17.8 Å². The summed E-state index contributed by atoms with van der Waals surface area (Å²) in [5.74, 6) is -0.209. The zero-order valence-electron chi connectivity index (χ0n) is 10.3. The number of rotatable bonds is 5. The van der Waals surface area contributed by atoms with Gasteiger partial charge in [-0.3, -0.25) is 5.10 Å². The van der Waals surface area contributed by atoms with Crippen molar-refractivity contribution in [3.05, 3.63) is 41.7 Å². The van der Waals surface area contributed by atoms with Gasteiger partial charge in [0.2, 0.25) is 0 Å². The maximum Gasteiger partial charge on any atom is 0.416 e. The van der Waals surface area contributed by atoms with Gasteiger partial charge in [-0.1, -0.05) is 0 Å². The summed E-state index contributed by atoms with van der Waals surface area (Å²) in [5, 5.41) is 9.12. The highest BCUT2D eigenvalue weighted by Gasteiger charge is 2.31. The molecule has 0 bridgehead atoms. The van der Waals surface area contributed by atoms with Gasteiger partial charge in [-0.05, 0) is 24.6 Å². The first-order valence-corrected chi connectivity index (χ1v) is 5.91. The fourth-order valence-corrected chi connectivity index (χ4v) is 1.66. The SMILES string of the molecule is Fc1cc(C(F)(F)F)ccc1NCCCc1ncn[nH]1. The molecule has 4 nitrogen and oxygen atoms in total. The van der Waals surface area contributed by atoms with Crippen molar-refractivity contribution in [1.82, 2.24) is 15.2 Å². The van der Waals surface area contributed by atoms with Gasteiger partial charge in [-0.2, -0.15) is 18.3 Å². The lowest BCUT2D eigenvalue weighted by Gasteiger charge is -2.10. The summed E-state index contributed by atoms with van der Waals surface area (Å²) in [4.78, 5) is 3.92. The third-order valence-electron chi connectivity index (χ3n) is 2.67. The first kappa shape index (κ1) is 14.3. The van der Waals surface area contributed by atoms with E-state index in [1.165, 1.54) is 6.33 Å². The summed E-state index contributed by atoms with van der Waals surface area (Å²) in [6.07, 6.45) is -1.88. The Hall–Kier alpha value is -2.12. The second-order valence-electron chi connectivity index (χ2n) is 4.15. The zero-order chi connectivity index (χ0) is 14.6. The Morgan fingerprint density at radius 3 is 2.65 bits per heavy atom. The minimum Gasteiger partial charge on any atom is -0.383 e. The van der Waals surface area contributed by atoms with Crippen molar-refractivity contribution in [1.29, 1.82) is 0 Å². The van der Waals surface area contributed by atoms with Gasteiger partial charge in [0, 0.05) is 13.0 Å². The van der Waals surface area contributed by atoms with E-state index in [2.05, 4.69) is 20.5 Å². The van der Waals surface area contributed by atoms with Gasteiger partial charge in [-0.15, -0.1) is 0 Å². The number of aryl methyl sites for hydroxylation is 1. The Morgan fingerprint density at radius 2 is 2.05 bits per heavy atom. The number of H-pyrrole nitrogens is 1. The van der Waals surface area contributed by atoms with E-state index >= 15 is 0 Å². The lowest BCUT2D eigenvalue weighted by Crippen LogP contribution is -2.08. The maximum absolute atomic E-state index is 13.5. The number of hydrogen-bond donors (Lipinski definition) is 2. The molecule has 0 fully saturated rings. The summed E-state index contributed by atoms with van der Waals surface area (Å²) in [7, 11) is 0. The second kappa shape index (κ2) is 5.89. The van der Waals surface area contributed by atoms with Gasteiger partial charge in [0.05, 0.1) is 11.3 Å². The fourth-order valence-electron chi connectivity index (χ4n) is 1.66. The Bertz CT molecular complexity index is 551. The summed E-state index contributed by atoms with van der Waals surface area (Å²) in [5.41, 5.74) is -0.947. The number of anilines is 1. The zero-order valence-corrected chi connectivity index (χ0v) is 10.3. The normalized spacial score (nSPS) is 11.6. The molecule has 0 saturated heterocycles. The van der Waals surface area contributed by atoms with Crippen LogP contribution in [0.25, 0.3) is 0 Å². The number of alkyl halides is 3. The van der Waals surface area contributed by atoms with Gasteiger partial charge in [0.1, 0.15) is 18.0 Å². The Morgan fingerprint density at radius 1 is 1.25 bits per heavy atom. The molecule has 1 aromatic heterocycles. The molecule has 0 unspecified atom stereocenters. The standard InChI is InChI=1S/C12H12F4N4/c13-9-6-8(12(14,15)16)3-4-10(9)17-5-1-2-11-18-7-19-20-11/h3-4,6-7,17H,1-2,5H2,(H,18,19,20). The van der Waals surface area contributed by atoms with Crippen molar-refractivity contribution in [3.63, 3.8) is 0 Å². The first-order valence-electron chi connectivity index (χ1n) is 5.91. The van der Waals surface area contributed by atoms with Crippen molar-refractivity contribution < 1.29 is 17.6 Å². The lowest BCUT2D eigenvalue weighted by molar-refractivity contribution is -0.137. The number of aromatic nitrogens is 3. The predicted molar refractivity (Wildman–Crippen MR) is 64.6 cm³/mol. The molecule has 2 rings (SSSR count). The van der Waals surface area contributed by atoms with Crippen LogP contribution in [0.2, 0.25) is 0 Å². The van der Waals surface area contributed by atoms with Gasteiger partial charge in [-0.25, -0.2) is 9.37 Å². The van der Waals surface area contributed by atoms with Crippen LogP contribution in [0.15, 0.2) is 24.5 Å². The molecule has 8 heteroatoms. The van der Waals surface area contributed by atoms with Crippen LogP contribution in [-0.4, -0.2) is 21.7 Å². The van der Waals surface area contributed by atoms with E-state index < -0.39 is 17.6 Å². The maximum atomic E-state index is 13.5. The molecule has 2 N–H and O–H groups in total. The molecule has 1 heterocycles. The molecule has 0 aliphatic carbocycles. The Kier molecular flexibility index (Phi) is 4.21. The topological polar surface area (TPSA) is 53.6 Å². The van der Waals surface area contributed by atoms with Gasteiger partial charge >= 0.3 is 6.18 Å². The predicted octanol–water partition coefficient (Wildman–Crippen LogP) is 3.01. The van der Waals surface area contributed by atoms with E-state index in [0.717, 1.165) is 12.1 Å². The average molecular weight is 288 g/mol. The largest absolute Gasteiger partial charge is 0.416 e. The third-order valence-corrected chi connectivity index (χ3v) is 2.67. The molecule has 0 radical (unpaired) electrons. The van der Waals surface area contributed by atoms with E-state index in [4.69, 9.17) is 0 Å². The molecule has 0 aliphatic heterocycles. The minimum atomic E-state index is -4.54. The van der Waals surface area contributed by atoms with Gasteiger partial charge in [0.15, 0.2) is 0 Å². The number of aromatic amines is 1. The van der Waals surface area contributed by atoms with Crippen molar-refractivity contribution in [2.45, 2.75) is 19.0 Å². The van der Waals surface area contributed by atoms with E-state index in [9.17, 15) is 17.6 Å². The molecular weight excluding hydrogens is 276 g/mol. The molecule has 0 amide bonds. The Labute approximate surface area is 112 Å². The minimum absolute atomic E-state index is 0.0515. The highest BCUT2D eigenvalue weighted by atomic mass is 19.4. The van der Waals surface area contributed by atoms with Crippen LogP contribution >= 0.6 is 0 Å². The van der Waals surface area contributed by atoms with Crippen LogP contribution < -0.4 is 5.32 Å². The van der Waals surface area contributed by atoms with Crippen molar-refractivity contribution in [2.75, 3.05) is 11.9 Å². The first-order chi connectivity index (χ1) is 9.47. The van der Waals surface area contributed by atoms with Crippen LogP contribution in [0.4, 0.5) is 23.2 Å². The van der Waals surface area contributed by atoms with E-state index in [1.54, 1.807) is 0 Å². The van der Waals surface area contributed by atoms with Crippen molar-refractivity contribution >= 4 is 5.69 Å². The molecule has 0 spiro atoms. The monoisotopic (exact) mass is 288 g/mol. The molecule has 2 aromatic rings. The van der Waals surface area contributed by atoms with Gasteiger partial charge in [0.25, 0.3) is 0 Å². The van der Waals surface area contributed by atoms with E-state index in [0.29, 0.717) is 31.3 Å². The van der Waals surface area contributed by atoms with Crippen molar-refractivity contribution in [3.8, 4) is 0 Å². The molecule has 1 aromatic carbocycles.